The summed E-state index contributed by atoms with van der Waals surface area (Å²) in [5.74, 6) is 1.99. The monoisotopic (exact) mass is 452 g/mol. The molecule has 0 aliphatic rings. The van der Waals surface area contributed by atoms with E-state index in [1.54, 1.807) is 14.2 Å². The molecular weight excluding hydrogens is 430 g/mol. The Morgan fingerprint density at radius 3 is 2.25 bits per heavy atom. The first-order chi connectivity index (χ1) is 15.3. The SMILES string of the molecule is COc1ccc(CNCc2ccc(Oc3nnnn3-c3ccccc3)c(OC)c2)cc1.[Cl-]. The topological polar surface area (TPSA) is 83.3 Å². The molecule has 9 heteroatoms. The van der Waals surface area contributed by atoms with Gasteiger partial charge >= 0.3 is 6.01 Å². The van der Waals surface area contributed by atoms with Crippen LogP contribution < -0.4 is 31.9 Å². The number of nitrogens with zero attached hydrogens (tertiary/aromatic N) is 4. The summed E-state index contributed by atoms with van der Waals surface area (Å²) in [6.07, 6.45) is 0. The number of ether oxygens (including phenoxy) is 3. The fourth-order valence-electron chi connectivity index (χ4n) is 3.07. The second-order valence-electron chi connectivity index (χ2n) is 6.75. The van der Waals surface area contributed by atoms with E-state index >= 15 is 0 Å². The van der Waals surface area contributed by atoms with Crippen molar-refractivity contribution in [2.24, 2.45) is 0 Å². The van der Waals surface area contributed by atoms with Crippen LogP contribution in [0.25, 0.3) is 5.69 Å². The number of methoxy groups -OCH3 is 2. The molecule has 1 N–H and O–H groups in total. The molecule has 0 fully saturated rings. The number of hydrogen-bond donors (Lipinski definition) is 1. The second kappa shape index (κ2) is 11.1. The van der Waals surface area contributed by atoms with Gasteiger partial charge in [0.15, 0.2) is 11.5 Å². The van der Waals surface area contributed by atoms with Gasteiger partial charge in [0, 0.05) is 13.1 Å². The molecule has 0 saturated carbocycles. The number of hydrogen-bond acceptors (Lipinski definition) is 7. The van der Waals surface area contributed by atoms with Gasteiger partial charge in [0.2, 0.25) is 0 Å². The van der Waals surface area contributed by atoms with Crippen LogP contribution in [0.1, 0.15) is 11.1 Å². The van der Waals surface area contributed by atoms with Gasteiger partial charge in [-0.25, -0.2) is 0 Å². The number of tetrazole rings is 1. The Morgan fingerprint density at radius 1 is 0.812 bits per heavy atom. The third-order valence-corrected chi connectivity index (χ3v) is 4.69. The van der Waals surface area contributed by atoms with Crippen LogP contribution in [0.4, 0.5) is 0 Å². The summed E-state index contributed by atoms with van der Waals surface area (Å²) in [4.78, 5) is 0. The molecule has 4 rings (SSSR count). The Bertz CT molecular complexity index is 1120. The van der Waals surface area contributed by atoms with Crippen molar-refractivity contribution in [2.45, 2.75) is 13.1 Å². The Balaban J connectivity index is 0.00000289. The smallest absolute Gasteiger partial charge is 0.346 e. The minimum Gasteiger partial charge on any atom is -1.00 e. The van der Waals surface area contributed by atoms with E-state index in [4.69, 9.17) is 14.2 Å². The van der Waals surface area contributed by atoms with Crippen molar-refractivity contribution in [3.8, 4) is 28.9 Å². The standard InChI is InChI=1S/C23H23N5O3.ClH/c1-29-20-11-8-17(9-12-20)15-24-16-18-10-13-21(22(14-18)30-2)31-23-25-26-27-28(23)19-6-4-3-5-7-19;/h3-14,24H,15-16H2,1-2H3;1H/p-1. The molecule has 0 saturated heterocycles. The predicted molar refractivity (Wildman–Crippen MR) is 116 cm³/mol. The van der Waals surface area contributed by atoms with Crippen molar-refractivity contribution in [2.75, 3.05) is 14.2 Å². The molecule has 0 spiro atoms. The van der Waals surface area contributed by atoms with Gasteiger partial charge in [-0.1, -0.05) is 41.5 Å². The van der Waals surface area contributed by atoms with Crippen molar-refractivity contribution < 1.29 is 26.6 Å². The molecule has 1 aromatic heterocycles. The quantitative estimate of drug-likeness (QED) is 0.401. The van der Waals surface area contributed by atoms with Crippen molar-refractivity contribution in [3.05, 3.63) is 83.9 Å². The van der Waals surface area contributed by atoms with Gasteiger partial charge in [-0.05, 0) is 58.0 Å². The molecule has 1 heterocycles. The zero-order valence-corrected chi connectivity index (χ0v) is 18.5. The van der Waals surface area contributed by atoms with Crippen LogP contribution in [0.15, 0.2) is 72.8 Å². The molecule has 32 heavy (non-hydrogen) atoms. The Labute approximate surface area is 192 Å². The maximum Gasteiger partial charge on any atom is 0.346 e. The van der Waals surface area contributed by atoms with Crippen molar-refractivity contribution in [1.29, 1.82) is 0 Å². The first kappa shape index (κ1) is 23.1. The van der Waals surface area contributed by atoms with Crippen molar-refractivity contribution >= 4 is 0 Å². The van der Waals surface area contributed by atoms with Gasteiger partial charge < -0.3 is 31.9 Å². The Kier molecular flexibility index (Phi) is 8.02. The van der Waals surface area contributed by atoms with Gasteiger partial charge in [0.05, 0.1) is 19.9 Å². The molecule has 166 valence electrons. The van der Waals surface area contributed by atoms with Crippen LogP contribution in [0.5, 0.6) is 23.3 Å². The first-order valence-corrected chi connectivity index (χ1v) is 9.79. The molecular formula is C23H23ClN5O3-. The number of nitrogens with one attached hydrogen (secondary N) is 1. The molecule has 3 aromatic carbocycles. The lowest BCUT2D eigenvalue weighted by Crippen LogP contribution is -3.00. The van der Waals surface area contributed by atoms with Gasteiger partial charge in [0.25, 0.3) is 0 Å². The highest BCUT2D eigenvalue weighted by molar-refractivity contribution is 5.44. The zero-order chi connectivity index (χ0) is 21.5. The lowest BCUT2D eigenvalue weighted by atomic mass is 10.2. The Hall–Kier alpha value is -3.62. The van der Waals surface area contributed by atoms with E-state index in [0.29, 0.717) is 18.0 Å². The predicted octanol–water partition coefficient (Wildman–Crippen LogP) is 0.766. The van der Waals surface area contributed by atoms with E-state index in [0.717, 1.165) is 23.5 Å². The molecule has 0 radical (unpaired) electrons. The van der Waals surface area contributed by atoms with E-state index in [9.17, 15) is 0 Å². The molecule has 8 nitrogen and oxygen atoms in total. The van der Waals surface area contributed by atoms with Crippen LogP contribution in [0.3, 0.4) is 0 Å². The number of para-hydroxylation sites is 1. The largest absolute Gasteiger partial charge is 1.00 e. The fourth-order valence-corrected chi connectivity index (χ4v) is 3.07. The van der Waals surface area contributed by atoms with E-state index < -0.39 is 0 Å². The van der Waals surface area contributed by atoms with Gasteiger partial charge in [-0.15, -0.1) is 0 Å². The maximum absolute atomic E-state index is 5.95. The number of rotatable bonds is 9. The summed E-state index contributed by atoms with van der Waals surface area (Å²) >= 11 is 0. The average molecular weight is 453 g/mol. The highest BCUT2D eigenvalue weighted by atomic mass is 35.5. The van der Waals surface area contributed by atoms with Gasteiger partial charge in [0.1, 0.15) is 5.75 Å². The summed E-state index contributed by atoms with van der Waals surface area (Å²) < 4.78 is 18.2. The molecule has 0 amide bonds. The fraction of sp³-hybridized carbons (Fsp3) is 0.174. The molecule has 0 atom stereocenters. The second-order valence-corrected chi connectivity index (χ2v) is 6.75. The molecule has 0 aliphatic heterocycles. The average Bonchev–Trinajstić information content (AvgIpc) is 3.29. The summed E-state index contributed by atoms with van der Waals surface area (Å²) in [5, 5.41) is 15.1. The molecule has 4 aromatic rings. The third-order valence-electron chi connectivity index (χ3n) is 4.69. The zero-order valence-electron chi connectivity index (χ0n) is 17.7. The number of halogens is 1. The summed E-state index contributed by atoms with van der Waals surface area (Å²) in [5.41, 5.74) is 3.06. The van der Waals surface area contributed by atoms with Crippen molar-refractivity contribution in [1.82, 2.24) is 25.5 Å². The molecule has 0 unspecified atom stereocenters. The Morgan fingerprint density at radius 2 is 1.53 bits per heavy atom. The molecule has 0 aliphatic carbocycles. The number of aromatic nitrogens is 4. The number of benzene rings is 3. The van der Waals surface area contributed by atoms with Gasteiger partial charge in [-0.3, -0.25) is 0 Å². The van der Waals surface area contributed by atoms with Crippen molar-refractivity contribution in [3.63, 3.8) is 0 Å². The third kappa shape index (κ3) is 5.54. The normalized spacial score (nSPS) is 10.3. The molecule has 0 bridgehead atoms. The maximum atomic E-state index is 5.95. The van der Waals surface area contributed by atoms with Crippen LogP contribution in [-0.2, 0) is 13.1 Å². The van der Waals surface area contributed by atoms with E-state index in [1.807, 2.05) is 72.8 Å². The lowest BCUT2D eigenvalue weighted by Gasteiger charge is -2.12. The van der Waals surface area contributed by atoms with E-state index in [1.165, 1.54) is 10.2 Å². The van der Waals surface area contributed by atoms with E-state index in [-0.39, 0.29) is 18.4 Å². The van der Waals surface area contributed by atoms with Crippen LogP contribution in [-0.4, -0.2) is 34.4 Å². The minimum absolute atomic E-state index is 0. The summed E-state index contributed by atoms with van der Waals surface area (Å²) in [6.45, 7) is 1.43. The van der Waals surface area contributed by atoms with Crippen LogP contribution in [0.2, 0.25) is 0 Å². The highest BCUT2D eigenvalue weighted by Gasteiger charge is 2.14. The van der Waals surface area contributed by atoms with E-state index in [2.05, 4.69) is 20.8 Å². The first-order valence-electron chi connectivity index (χ1n) is 9.79. The van der Waals surface area contributed by atoms with Crippen LogP contribution >= 0.6 is 0 Å². The van der Waals surface area contributed by atoms with Gasteiger partial charge in [-0.2, -0.15) is 4.68 Å². The highest BCUT2D eigenvalue weighted by Crippen LogP contribution is 2.32. The minimum atomic E-state index is 0. The van der Waals surface area contributed by atoms with Crippen LogP contribution in [0, 0.1) is 0 Å². The summed E-state index contributed by atoms with van der Waals surface area (Å²) in [7, 11) is 3.27. The lowest BCUT2D eigenvalue weighted by molar-refractivity contribution is -0.00000754. The summed E-state index contributed by atoms with van der Waals surface area (Å²) in [6, 6.07) is 23.6.